The second kappa shape index (κ2) is 6.98. The predicted molar refractivity (Wildman–Crippen MR) is 88.2 cm³/mol. The Morgan fingerprint density at radius 1 is 1.21 bits per heavy atom. The van der Waals surface area contributed by atoms with Gasteiger partial charge >= 0.3 is 0 Å². The Morgan fingerprint density at radius 2 is 2.00 bits per heavy atom. The summed E-state index contributed by atoms with van der Waals surface area (Å²) >= 11 is 0. The van der Waals surface area contributed by atoms with Crippen molar-refractivity contribution in [1.29, 1.82) is 0 Å². The number of carbonyl (C=O) groups is 1. The van der Waals surface area contributed by atoms with Crippen molar-refractivity contribution in [3.63, 3.8) is 0 Å². The molecule has 0 bridgehead atoms. The first kappa shape index (κ1) is 16.4. The fourth-order valence-corrected chi connectivity index (χ4v) is 4.02. The Bertz CT molecular complexity index is 838. The lowest BCUT2D eigenvalue weighted by Gasteiger charge is -2.15. The van der Waals surface area contributed by atoms with Crippen LogP contribution in [-0.4, -0.2) is 37.9 Å². The van der Waals surface area contributed by atoms with E-state index >= 15 is 0 Å². The molecule has 126 valence electrons. The number of sulfonamides is 1. The van der Waals surface area contributed by atoms with E-state index in [2.05, 4.69) is 10.5 Å². The van der Waals surface area contributed by atoms with Gasteiger partial charge in [-0.25, -0.2) is 13.8 Å². The third kappa shape index (κ3) is 3.55. The van der Waals surface area contributed by atoms with Crippen molar-refractivity contribution in [2.45, 2.75) is 17.7 Å². The molecule has 1 amide bonds. The van der Waals surface area contributed by atoms with Crippen molar-refractivity contribution >= 4 is 22.1 Å². The highest BCUT2D eigenvalue weighted by Crippen LogP contribution is 2.21. The number of rotatable bonds is 5. The van der Waals surface area contributed by atoms with Gasteiger partial charge in [0.25, 0.3) is 5.91 Å². The second-order valence-electron chi connectivity index (χ2n) is 5.35. The number of nitrogens with one attached hydrogen (secondary N) is 1. The molecule has 1 aromatic carbocycles. The van der Waals surface area contributed by atoms with Gasteiger partial charge in [-0.15, -0.1) is 0 Å². The smallest absolute Gasteiger partial charge is 0.271 e. The molecule has 1 aromatic heterocycles. The highest BCUT2D eigenvalue weighted by atomic mass is 32.2. The quantitative estimate of drug-likeness (QED) is 0.660. The Morgan fingerprint density at radius 3 is 2.71 bits per heavy atom. The van der Waals surface area contributed by atoms with Gasteiger partial charge in [-0.3, -0.25) is 4.79 Å². The molecule has 1 aliphatic rings. The molecule has 0 radical (unpaired) electrons. The van der Waals surface area contributed by atoms with Gasteiger partial charge in [0.05, 0.1) is 17.4 Å². The van der Waals surface area contributed by atoms with Gasteiger partial charge in [0.2, 0.25) is 10.0 Å². The van der Waals surface area contributed by atoms with Crippen molar-refractivity contribution in [3.05, 3.63) is 54.0 Å². The van der Waals surface area contributed by atoms with Crippen molar-refractivity contribution in [3.8, 4) is 0 Å². The van der Waals surface area contributed by atoms with Crippen LogP contribution in [0.2, 0.25) is 0 Å². The minimum Gasteiger partial charge on any atom is -0.463 e. The van der Waals surface area contributed by atoms with Crippen molar-refractivity contribution < 1.29 is 17.6 Å². The van der Waals surface area contributed by atoms with Crippen molar-refractivity contribution in [2.24, 2.45) is 5.10 Å². The molecule has 0 spiro atoms. The van der Waals surface area contributed by atoms with E-state index in [4.69, 9.17) is 4.42 Å². The zero-order chi connectivity index (χ0) is 17.0. The first-order chi connectivity index (χ1) is 11.6. The maximum atomic E-state index is 12.5. The number of hydrogen-bond acceptors (Lipinski definition) is 5. The van der Waals surface area contributed by atoms with Crippen LogP contribution in [0, 0.1) is 0 Å². The van der Waals surface area contributed by atoms with E-state index in [1.165, 1.54) is 28.9 Å². The molecule has 3 rings (SSSR count). The fourth-order valence-electron chi connectivity index (χ4n) is 2.46. The summed E-state index contributed by atoms with van der Waals surface area (Å²) in [5, 5.41) is 3.78. The first-order valence-electron chi connectivity index (χ1n) is 7.54. The largest absolute Gasteiger partial charge is 0.463 e. The highest BCUT2D eigenvalue weighted by molar-refractivity contribution is 7.89. The maximum absolute atomic E-state index is 12.5. The lowest BCUT2D eigenvalue weighted by atomic mass is 10.2. The van der Waals surface area contributed by atoms with Crippen molar-refractivity contribution in [1.82, 2.24) is 9.73 Å². The predicted octanol–water partition coefficient (Wildman–Crippen LogP) is 1.83. The molecule has 0 atom stereocenters. The summed E-state index contributed by atoms with van der Waals surface area (Å²) in [6.07, 6.45) is 4.58. The Kier molecular flexibility index (Phi) is 4.77. The number of hydrazone groups is 1. The van der Waals surface area contributed by atoms with Crippen LogP contribution in [0.4, 0.5) is 0 Å². The van der Waals surface area contributed by atoms with E-state index < -0.39 is 15.9 Å². The highest BCUT2D eigenvalue weighted by Gasteiger charge is 2.27. The fraction of sp³-hybridized carbons (Fsp3) is 0.250. The first-order valence-corrected chi connectivity index (χ1v) is 8.98. The minimum absolute atomic E-state index is 0.118. The summed E-state index contributed by atoms with van der Waals surface area (Å²) in [5.41, 5.74) is 2.58. The van der Waals surface area contributed by atoms with Crippen LogP contribution in [0.25, 0.3) is 0 Å². The van der Waals surface area contributed by atoms with E-state index in [1.54, 1.807) is 24.3 Å². The molecule has 0 aliphatic carbocycles. The summed E-state index contributed by atoms with van der Waals surface area (Å²) < 4.78 is 31.6. The number of carbonyl (C=O) groups excluding carboxylic acids is 1. The third-order valence-corrected chi connectivity index (χ3v) is 5.59. The molecule has 1 fully saturated rings. The zero-order valence-corrected chi connectivity index (χ0v) is 13.7. The van der Waals surface area contributed by atoms with E-state index in [0.717, 1.165) is 12.8 Å². The number of benzene rings is 1. The molecule has 2 aromatic rings. The molecular formula is C16H17N3O4S. The average Bonchev–Trinajstić information content (AvgIpc) is 3.29. The summed E-state index contributed by atoms with van der Waals surface area (Å²) in [7, 11) is -3.55. The van der Waals surface area contributed by atoms with Gasteiger partial charge in [0, 0.05) is 18.7 Å². The van der Waals surface area contributed by atoms with Crippen LogP contribution < -0.4 is 5.43 Å². The van der Waals surface area contributed by atoms with Gasteiger partial charge in [0.15, 0.2) is 0 Å². The topological polar surface area (TPSA) is 92.0 Å². The van der Waals surface area contributed by atoms with Crippen LogP contribution in [0.1, 0.15) is 29.0 Å². The monoisotopic (exact) mass is 347 g/mol. The molecule has 1 N–H and O–H groups in total. The zero-order valence-electron chi connectivity index (χ0n) is 12.9. The summed E-state index contributed by atoms with van der Waals surface area (Å²) in [5.74, 6) is 0.0111. The Hall–Kier alpha value is -2.45. The second-order valence-corrected chi connectivity index (χ2v) is 7.29. The van der Waals surface area contributed by atoms with Gasteiger partial charge < -0.3 is 4.42 Å². The third-order valence-electron chi connectivity index (χ3n) is 3.70. The summed E-state index contributed by atoms with van der Waals surface area (Å²) in [4.78, 5) is 12.2. The molecule has 2 heterocycles. The molecule has 0 unspecified atom stereocenters. The molecule has 7 nitrogen and oxygen atoms in total. The van der Waals surface area contributed by atoms with Gasteiger partial charge in [-0.05, 0) is 43.2 Å². The number of nitrogens with zero attached hydrogens (tertiary/aromatic N) is 2. The van der Waals surface area contributed by atoms with Crippen LogP contribution in [0.5, 0.6) is 0 Å². The molecule has 8 heteroatoms. The van der Waals surface area contributed by atoms with E-state index in [0.29, 0.717) is 18.8 Å². The van der Waals surface area contributed by atoms with Gasteiger partial charge in [0.1, 0.15) is 5.76 Å². The molecule has 1 saturated heterocycles. The van der Waals surface area contributed by atoms with Crippen molar-refractivity contribution in [2.75, 3.05) is 13.1 Å². The minimum atomic E-state index is -3.55. The van der Waals surface area contributed by atoms with Crippen LogP contribution in [0.3, 0.4) is 0 Å². The van der Waals surface area contributed by atoms with Crippen LogP contribution >= 0.6 is 0 Å². The Labute approximate surface area is 140 Å². The lowest BCUT2D eigenvalue weighted by Crippen LogP contribution is -2.28. The Balaban J connectivity index is 1.73. The van der Waals surface area contributed by atoms with E-state index in [9.17, 15) is 13.2 Å². The number of hydrogen-bond donors (Lipinski definition) is 1. The molecule has 0 saturated carbocycles. The normalized spacial score (nSPS) is 15.8. The molecule has 24 heavy (non-hydrogen) atoms. The molecular weight excluding hydrogens is 330 g/mol. The molecule has 1 aliphatic heterocycles. The standard InChI is InChI=1S/C16H17N3O4S/c20-16(18-17-12-14-6-4-10-23-14)13-5-3-7-15(11-13)24(21,22)19-8-1-2-9-19/h3-7,10-12H,1-2,8-9H2,(H,18,20)/b17-12+. The summed E-state index contributed by atoms with van der Waals surface area (Å²) in [6, 6.07) is 9.35. The lowest BCUT2D eigenvalue weighted by molar-refractivity contribution is 0.0955. The van der Waals surface area contributed by atoms with E-state index in [-0.39, 0.29) is 10.5 Å². The van der Waals surface area contributed by atoms with Crippen LogP contribution in [-0.2, 0) is 10.0 Å². The maximum Gasteiger partial charge on any atom is 0.271 e. The number of amides is 1. The SMILES string of the molecule is O=C(N/N=C/c1ccco1)c1cccc(S(=O)(=O)N2CCCC2)c1. The summed E-state index contributed by atoms with van der Waals surface area (Å²) in [6.45, 7) is 1.04. The van der Waals surface area contributed by atoms with Gasteiger partial charge in [-0.2, -0.15) is 9.41 Å². The van der Waals surface area contributed by atoms with Gasteiger partial charge in [-0.1, -0.05) is 6.07 Å². The van der Waals surface area contributed by atoms with Crippen LogP contribution in [0.15, 0.2) is 57.1 Å². The number of furan rings is 1. The van der Waals surface area contributed by atoms with E-state index in [1.807, 2.05) is 0 Å². The average molecular weight is 347 g/mol.